The number of rotatable bonds is 7. The Bertz CT molecular complexity index is 344. The molecule has 0 saturated heterocycles. The van der Waals surface area contributed by atoms with Crippen molar-refractivity contribution in [1.29, 1.82) is 0 Å². The zero-order chi connectivity index (χ0) is 12.7. The molecule has 1 aromatic rings. The summed E-state index contributed by atoms with van der Waals surface area (Å²) in [4.78, 5) is 0. The summed E-state index contributed by atoms with van der Waals surface area (Å²) in [5, 5.41) is 3.35. The van der Waals surface area contributed by atoms with Crippen LogP contribution >= 0.6 is 0 Å². The minimum atomic E-state index is -0.345. The van der Waals surface area contributed by atoms with Crippen molar-refractivity contribution >= 4 is 0 Å². The molecule has 96 valence electrons. The smallest absolute Gasteiger partial charge is 0.165 e. The maximum atomic E-state index is 13.3. The monoisotopic (exact) mass is 241 g/mol. The zero-order valence-corrected chi connectivity index (χ0v) is 10.6. The van der Waals surface area contributed by atoms with E-state index in [1.165, 1.54) is 13.2 Å². The molecule has 1 aromatic carbocycles. The summed E-state index contributed by atoms with van der Waals surface area (Å²) in [6, 6.07) is 4.95. The molecule has 0 aliphatic carbocycles. The summed E-state index contributed by atoms with van der Waals surface area (Å²) < 4.78 is 23.4. The third kappa shape index (κ3) is 3.98. The van der Waals surface area contributed by atoms with Crippen molar-refractivity contribution in [2.75, 3.05) is 27.4 Å². The van der Waals surface area contributed by atoms with Gasteiger partial charge in [0.2, 0.25) is 0 Å². The van der Waals surface area contributed by atoms with Gasteiger partial charge in [-0.3, -0.25) is 0 Å². The van der Waals surface area contributed by atoms with E-state index in [0.29, 0.717) is 6.61 Å². The van der Waals surface area contributed by atoms with Gasteiger partial charge in [0.15, 0.2) is 11.6 Å². The summed E-state index contributed by atoms with van der Waals surface area (Å²) in [5.74, 6) is -0.0789. The molecular weight excluding hydrogens is 221 g/mol. The molecule has 1 N–H and O–H groups in total. The number of nitrogens with one attached hydrogen (secondary N) is 1. The Morgan fingerprint density at radius 3 is 2.71 bits per heavy atom. The number of halogens is 1. The highest BCUT2D eigenvalue weighted by atomic mass is 19.1. The van der Waals surface area contributed by atoms with E-state index in [2.05, 4.69) is 12.2 Å². The van der Waals surface area contributed by atoms with Crippen molar-refractivity contribution < 1.29 is 13.9 Å². The van der Waals surface area contributed by atoms with Crippen LogP contribution in [0.2, 0.25) is 0 Å². The second-order valence-corrected chi connectivity index (χ2v) is 3.86. The molecule has 17 heavy (non-hydrogen) atoms. The summed E-state index contributed by atoms with van der Waals surface area (Å²) in [7, 11) is 3.12. The number of hydrogen-bond acceptors (Lipinski definition) is 3. The molecule has 0 amide bonds. The van der Waals surface area contributed by atoms with Gasteiger partial charge in [0.25, 0.3) is 0 Å². The van der Waals surface area contributed by atoms with Gasteiger partial charge in [-0.05, 0) is 30.7 Å². The van der Waals surface area contributed by atoms with E-state index >= 15 is 0 Å². The Labute approximate surface area is 102 Å². The molecule has 0 bridgehead atoms. The standard InChI is InChI=1S/C13H20FNO2/c1-4-7-15-12(9-16-2)10-5-6-11(14)13(8-10)17-3/h5-6,8,12,15H,4,7,9H2,1-3H3. The van der Waals surface area contributed by atoms with E-state index in [1.807, 2.05) is 0 Å². The Morgan fingerprint density at radius 1 is 1.35 bits per heavy atom. The topological polar surface area (TPSA) is 30.5 Å². The van der Waals surface area contributed by atoms with E-state index in [0.717, 1.165) is 18.5 Å². The highest BCUT2D eigenvalue weighted by Gasteiger charge is 2.13. The third-order valence-electron chi connectivity index (χ3n) is 2.55. The fourth-order valence-corrected chi connectivity index (χ4v) is 1.65. The van der Waals surface area contributed by atoms with Gasteiger partial charge < -0.3 is 14.8 Å². The van der Waals surface area contributed by atoms with Crippen molar-refractivity contribution in [2.24, 2.45) is 0 Å². The number of hydrogen-bond donors (Lipinski definition) is 1. The van der Waals surface area contributed by atoms with Gasteiger partial charge in [-0.1, -0.05) is 13.0 Å². The van der Waals surface area contributed by atoms with Crippen LogP contribution in [-0.4, -0.2) is 27.4 Å². The molecule has 3 nitrogen and oxygen atoms in total. The van der Waals surface area contributed by atoms with Crippen LogP contribution in [0.3, 0.4) is 0 Å². The lowest BCUT2D eigenvalue weighted by Crippen LogP contribution is -2.26. The molecule has 1 atom stereocenters. The van der Waals surface area contributed by atoms with Crippen LogP contribution in [0.15, 0.2) is 18.2 Å². The van der Waals surface area contributed by atoms with Gasteiger partial charge in [0.1, 0.15) is 0 Å². The molecule has 0 fully saturated rings. The maximum absolute atomic E-state index is 13.3. The van der Waals surface area contributed by atoms with Gasteiger partial charge >= 0.3 is 0 Å². The van der Waals surface area contributed by atoms with E-state index in [4.69, 9.17) is 9.47 Å². The third-order valence-corrected chi connectivity index (χ3v) is 2.55. The lowest BCUT2D eigenvalue weighted by atomic mass is 10.1. The van der Waals surface area contributed by atoms with E-state index in [9.17, 15) is 4.39 Å². The van der Waals surface area contributed by atoms with Crippen molar-refractivity contribution in [2.45, 2.75) is 19.4 Å². The molecule has 0 aliphatic rings. The number of ether oxygens (including phenoxy) is 2. The first-order valence-electron chi connectivity index (χ1n) is 5.78. The minimum absolute atomic E-state index is 0.0643. The predicted molar refractivity (Wildman–Crippen MR) is 65.9 cm³/mol. The van der Waals surface area contributed by atoms with Crippen LogP contribution in [0, 0.1) is 5.82 Å². The Hall–Kier alpha value is -1.13. The van der Waals surface area contributed by atoms with Gasteiger partial charge in [-0.15, -0.1) is 0 Å². The first-order valence-corrected chi connectivity index (χ1v) is 5.78. The van der Waals surface area contributed by atoms with Crippen molar-refractivity contribution in [3.63, 3.8) is 0 Å². The maximum Gasteiger partial charge on any atom is 0.165 e. The molecule has 1 unspecified atom stereocenters. The van der Waals surface area contributed by atoms with Crippen LogP contribution in [-0.2, 0) is 4.74 Å². The van der Waals surface area contributed by atoms with Crippen LogP contribution in [0.4, 0.5) is 4.39 Å². The molecule has 0 saturated carbocycles. The highest BCUT2D eigenvalue weighted by molar-refractivity contribution is 5.32. The van der Waals surface area contributed by atoms with Gasteiger partial charge in [-0.2, -0.15) is 0 Å². The Kier molecular flexibility index (Phi) is 5.94. The Balaban J connectivity index is 2.85. The molecule has 0 spiro atoms. The molecular formula is C13H20FNO2. The highest BCUT2D eigenvalue weighted by Crippen LogP contribution is 2.22. The van der Waals surface area contributed by atoms with E-state index < -0.39 is 0 Å². The molecule has 0 aliphatic heterocycles. The molecule has 0 radical (unpaired) electrons. The summed E-state index contributed by atoms with van der Waals surface area (Å²) >= 11 is 0. The predicted octanol–water partition coefficient (Wildman–Crippen LogP) is 2.52. The first-order chi connectivity index (χ1) is 8.22. The summed E-state index contributed by atoms with van der Waals surface area (Å²) in [6.45, 7) is 3.55. The first kappa shape index (κ1) is 13.9. The second kappa shape index (κ2) is 7.25. The van der Waals surface area contributed by atoms with Gasteiger partial charge in [-0.25, -0.2) is 4.39 Å². The lowest BCUT2D eigenvalue weighted by molar-refractivity contribution is 0.167. The normalized spacial score (nSPS) is 12.5. The SMILES string of the molecule is CCCNC(COC)c1ccc(F)c(OC)c1. The summed E-state index contributed by atoms with van der Waals surface area (Å²) in [5.41, 5.74) is 0.971. The van der Waals surface area contributed by atoms with E-state index in [1.54, 1.807) is 19.2 Å². The lowest BCUT2D eigenvalue weighted by Gasteiger charge is -2.18. The molecule has 0 aromatic heterocycles. The average Bonchev–Trinajstić information content (AvgIpc) is 2.35. The number of methoxy groups -OCH3 is 2. The van der Waals surface area contributed by atoms with Crippen molar-refractivity contribution in [1.82, 2.24) is 5.32 Å². The molecule has 4 heteroatoms. The Morgan fingerprint density at radius 2 is 2.12 bits per heavy atom. The van der Waals surface area contributed by atoms with Gasteiger partial charge in [0.05, 0.1) is 19.8 Å². The molecule has 0 heterocycles. The van der Waals surface area contributed by atoms with Crippen LogP contribution < -0.4 is 10.1 Å². The largest absolute Gasteiger partial charge is 0.494 e. The van der Waals surface area contributed by atoms with Crippen LogP contribution in [0.5, 0.6) is 5.75 Å². The van der Waals surface area contributed by atoms with Crippen molar-refractivity contribution in [3.05, 3.63) is 29.6 Å². The average molecular weight is 241 g/mol. The quantitative estimate of drug-likeness (QED) is 0.795. The van der Waals surface area contributed by atoms with Crippen molar-refractivity contribution in [3.8, 4) is 5.75 Å². The van der Waals surface area contributed by atoms with E-state index in [-0.39, 0.29) is 17.6 Å². The fraction of sp³-hybridized carbons (Fsp3) is 0.538. The molecule has 1 rings (SSSR count). The van der Waals surface area contributed by atoms with Crippen LogP contribution in [0.1, 0.15) is 24.9 Å². The summed E-state index contributed by atoms with van der Waals surface area (Å²) in [6.07, 6.45) is 1.04. The minimum Gasteiger partial charge on any atom is -0.494 e. The second-order valence-electron chi connectivity index (χ2n) is 3.86. The fourth-order valence-electron chi connectivity index (χ4n) is 1.65. The zero-order valence-electron chi connectivity index (χ0n) is 10.6. The number of benzene rings is 1. The van der Waals surface area contributed by atoms with Crippen LogP contribution in [0.25, 0.3) is 0 Å². The van der Waals surface area contributed by atoms with Gasteiger partial charge in [0, 0.05) is 7.11 Å².